The van der Waals surface area contributed by atoms with Gasteiger partial charge in [-0.2, -0.15) is 18.3 Å². The molecule has 0 aliphatic rings. The van der Waals surface area contributed by atoms with Crippen molar-refractivity contribution in [1.82, 2.24) is 9.78 Å². The summed E-state index contributed by atoms with van der Waals surface area (Å²) in [5.41, 5.74) is -0.981. The van der Waals surface area contributed by atoms with Crippen LogP contribution in [0.3, 0.4) is 0 Å². The van der Waals surface area contributed by atoms with Gasteiger partial charge in [-0.05, 0) is 24.6 Å². The molecule has 1 aromatic carbocycles. The van der Waals surface area contributed by atoms with Gasteiger partial charge in [0.1, 0.15) is 17.2 Å². The van der Waals surface area contributed by atoms with Crippen LogP contribution in [0.15, 0.2) is 24.3 Å². The Bertz CT molecular complexity index is 585. The molecular formula is C12H11F3N2O2. The second-order valence-corrected chi connectivity index (χ2v) is 3.93. The minimum atomic E-state index is -4.57. The van der Waals surface area contributed by atoms with Gasteiger partial charge in [-0.1, -0.05) is 13.0 Å². The highest BCUT2D eigenvalue weighted by Crippen LogP contribution is 2.34. The van der Waals surface area contributed by atoms with Crippen LogP contribution in [-0.2, 0) is 12.6 Å². The van der Waals surface area contributed by atoms with Crippen LogP contribution in [0.1, 0.15) is 18.3 Å². The molecule has 0 amide bonds. The van der Waals surface area contributed by atoms with Crippen LogP contribution in [0.5, 0.6) is 11.5 Å². The van der Waals surface area contributed by atoms with Gasteiger partial charge in [0.25, 0.3) is 0 Å². The molecule has 0 unspecified atom stereocenters. The smallest absolute Gasteiger partial charge is 0.435 e. The average molecular weight is 272 g/mol. The Morgan fingerprint density at radius 3 is 2.26 bits per heavy atom. The number of nitrogens with zero attached hydrogens (tertiary/aromatic N) is 2. The summed E-state index contributed by atoms with van der Waals surface area (Å²) < 4.78 is 38.8. The van der Waals surface area contributed by atoms with E-state index >= 15 is 0 Å². The van der Waals surface area contributed by atoms with Gasteiger partial charge in [0.05, 0.1) is 0 Å². The molecule has 19 heavy (non-hydrogen) atoms. The number of hydrogen-bond acceptors (Lipinski definition) is 3. The van der Waals surface area contributed by atoms with Gasteiger partial charge in [-0.15, -0.1) is 0 Å². The van der Waals surface area contributed by atoms with E-state index in [1.807, 2.05) is 0 Å². The first-order chi connectivity index (χ1) is 8.84. The van der Waals surface area contributed by atoms with Crippen LogP contribution in [0.4, 0.5) is 13.2 Å². The van der Waals surface area contributed by atoms with Crippen LogP contribution in [0, 0.1) is 0 Å². The van der Waals surface area contributed by atoms with Crippen LogP contribution >= 0.6 is 0 Å². The van der Waals surface area contributed by atoms with E-state index in [9.17, 15) is 23.4 Å². The first-order valence-electron chi connectivity index (χ1n) is 5.52. The van der Waals surface area contributed by atoms with E-state index in [2.05, 4.69) is 5.10 Å². The highest BCUT2D eigenvalue weighted by Gasteiger charge is 2.35. The molecule has 1 aromatic heterocycles. The van der Waals surface area contributed by atoms with E-state index in [1.165, 1.54) is 18.2 Å². The van der Waals surface area contributed by atoms with Crippen LogP contribution < -0.4 is 0 Å². The molecule has 0 aliphatic heterocycles. The van der Waals surface area contributed by atoms with Crippen molar-refractivity contribution in [3.8, 4) is 17.2 Å². The number of alkyl halides is 3. The number of phenols is 2. The van der Waals surface area contributed by atoms with Crippen molar-refractivity contribution >= 4 is 0 Å². The molecule has 0 aliphatic carbocycles. The standard InChI is InChI=1S/C12H11F3N2O2/c1-2-7-6-10(12(13,14)15)16-17(7)11-8(18)4-3-5-9(11)19/h3-6,18-19H,2H2,1H3. The third-order valence-corrected chi connectivity index (χ3v) is 2.64. The molecule has 0 atom stereocenters. The number of aromatic nitrogens is 2. The highest BCUT2D eigenvalue weighted by molar-refractivity contribution is 5.56. The Balaban J connectivity index is 2.65. The summed E-state index contributed by atoms with van der Waals surface area (Å²) in [4.78, 5) is 0. The maximum atomic E-state index is 12.6. The number of benzene rings is 1. The van der Waals surface area contributed by atoms with E-state index in [4.69, 9.17) is 0 Å². The van der Waals surface area contributed by atoms with Gasteiger partial charge in [0.15, 0.2) is 5.69 Å². The molecule has 0 radical (unpaired) electrons. The number of phenolic OH excluding ortho intramolecular Hbond substituents is 2. The Kier molecular flexibility index (Phi) is 3.13. The quantitative estimate of drug-likeness (QED) is 0.883. The molecule has 0 fully saturated rings. The minimum Gasteiger partial charge on any atom is -0.506 e. The van der Waals surface area contributed by atoms with E-state index < -0.39 is 11.9 Å². The lowest BCUT2D eigenvalue weighted by atomic mass is 10.2. The third-order valence-electron chi connectivity index (χ3n) is 2.64. The molecule has 2 rings (SSSR count). The summed E-state index contributed by atoms with van der Waals surface area (Å²) in [6.45, 7) is 1.66. The molecule has 2 aromatic rings. The number of aromatic hydroxyl groups is 2. The topological polar surface area (TPSA) is 58.3 Å². The van der Waals surface area contributed by atoms with Crippen molar-refractivity contribution in [2.75, 3.05) is 0 Å². The van der Waals surface area contributed by atoms with Crippen molar-refractivity contribution in [3.63, 3.8) is 0 Å². The van der Waals surface area contributed by atoms with E-state index in [1.54, 1.807) is 6.92 Å². The van der Waals surface area contributed by atoms with Crippen LogP contribution in [0.2, 0.25) is 0 Å². The predicted octanol–water partition coefficient (Wildman–Crippen LogP) is 2.86. The Morgan fingerprint density at radius 1 is 1.21 bits per heavy atom. The Labute approximate surface area is 106 Å². The Morgan fingerprint density at radius 2 is 1.79 bits per heavy atom. The zero-order chi connectivity index (χ0) is 14.2. The molecule has 0 bridgehead atoms. The van der Waals surface area contributed by atoms with Gasteiger partial charge in [-0.3, -0.25) is 0 Å². The molecule has 2 N–H and O–H groups in total. The van der Waals surface area contributed by atoms with Crippen molar-refractivity contribution in [3.05, 3.63) is 35.7 Å². The lowest BCUT2D eigenvalue weighted by molar-refractivity contribution is -0.141. The van der Waals surface area contributed by atoms with Gasteiger partial charge < -0.3 is 10.2 Å². The van der Waals surface area contributed by atoms with Gasteiger partial charge in [-0.25, -0.2) is 4.68 Å². The monoisotopic (exact) mass is 272 g/mol. The summed E-state index contributed by atoms with van der Waals surface area (Å²) in [5, 5.41) is 22.8. The highest BCUT2D eigenvalue weighted by atomic mass is 19.4. The molecule has 102 valence electrons. The van der Waals surface area contributed by atoms with Crippen molar-refractivity contribution in [2.24, 2.45) is 0 Å². The fourth-order valence-corrected chi connectivity index (χ4v) is 1.74. The maximum absolute atomic E-state index is 12.6. The molecule has 4 nitrogen and oxygen atoms in total. The fraction of sp³-hybridized carbons (Fsp3) is 0.250. The summed E-state index contributed by atoms with van der Waals surface area (Å²) in [6.07, 6.45) is -4.30. The normalized spacial score (nSPS) is 11.8. The maximum Gasteiger partial charge on any atom is 0.435 e. The second kappa shape index (κ2) is 4.49. The summed E-state index contributed by atoms with van der Waals surface area (Å²) in [5.74, 6) is -0.682. The average Bonchev–Trinajstić information content (AvgIpc) is 2.72. The Hall–Kier alpha value is -2.18. The predicted molar refractivity (Wildman–Crippen MR) is 61.3 cm³/mol. The molecule has 1 heterocycles. The summed E-state index contributed by atoms with van der Waals surface area (Å²) in [7, 11) is 0. The zero-order valence-corrected chi connectivity index (χ0v) is 9.94. The molecule has 0 saturated heterocycles. The molecule has 7 heteroatoms. The van der Waals surface area contributed by atoms with Gasteiger partial charge in [0.2, 0.25) is 0 Å². The first kappa shape index (κ1) is 13.3. The van der Waals surface area contributed by atoms with Crippen LogP contribution in [0.25, 0.3) is 5.69 Å². The zero-order valence-electron chi connectivity index (χ0n) is 9.94. The fourth-order valence-electron chi connectivity index (χ4n) is 1.74. The number of aryl methyl sites for hydroxylation is 1. The van der Waals surface area contributed by atoms with E-state index in [-0.39, 0.29) is 29.3 Å². The van der Waals surface area contributed by atoms with Crippen molar-refractivity contribution < 1.29 is 23.4 Å². The third kappa shape index (κ3) is 2.35. The number of para-hydroxylation sites is 1. The largest absolute Gasteiger partial charge is 0.506 e. The number of hydrogen-bond donors (Lipinski definition) is 2. The van der Waals surface area contributed by atoms with Crippen molar-refractivity contribution in [2.45, 2.75) is 19.5 Å². The van der Waals surface area contributed by atoms with Crippen LogP contribution in [-0.4, -0.2) is 20.0 Å². The summed E-state index contributed by atoms with van der Waals surface area (Å²) in [6, 6.07) is 4.81. The molecule has 0 saturated carbocycles. The van der Waals surface area contributed by atoms with Gasteiger partial charge in [0, 0.05) is 5.69 Å². The van der Waals surface area contributed by atoms with Crippen molar-refractivity contribution in [1.29, 1.82) is 0 Å². The SMILES string of the molecule is CCc1cc(C(F)(F)F)nn1-c1c(O)cccc1O. The summed E-state index contributed by atoms with van der Waals surface area (Å²) >= 11 is 0. The first-order valence-corrected chi connectivity index (χ1v) is 5.52. The lowest BCUT2D eigenvalue weighted by Crippen LogP contribution is -2.08. The molecular weight excluding hydrogens is 261 g/mol. The number of halogens is 3. The second-order valence-electron chi connectivity index (χ2n) is 3.93. The minimum absolute atomic E-state index is 0.158. The molecule has 0 spiro atoms. The lowest BCUT2D eigenvalue weighted by Gasteiger charge is -2.09. The van der Waals surface area contributed by atoms with Gasteiger partial charge >= 0.3 is 6.18 Å². The van der Waals surface area contributed by atoms with E-state index in [0.29, 0.717) is 0 Å². The number of rotatable bonds is 2. The van der Waals surface area contributed by atoms with E-state index in [0.717, 1.165) is 10.7 Å².